The molecule has 0 fully saturated rings. The zero-order valence-electron chi connectivity index (χ0n) is 10.1. The van der Waals surface area contributed by atoms with Gasteiger partial charge < -0.3 is 11.1 Å². The van der Waals surface area contributed by atoms with Gasteiger partial charge >= 0.3 is 0 Å². The fourth-order valence-electron chi connectivity index (χ4n) is 1.34. The van der Waals surface area contributed by atoms with E-state index in [0.717, 1.165) is 23.3 Å². The second-order valence-corrected chi connectivity index (χ2v) is 4.64. The molecule has 0 radical (unpaired) electrons. The first-order valence-electron chi connectivity index (χ1n) is 5.80. The predicted octanol–water partition coefficient (Wildman–Crippen LogP) is 1.86. The summed E-state index contributed by atoms with van der Waals surface area (Å²) in [5.41, 5.74) is 6.30. The van der Waals surface area contributed by atoms with Crippen molar-refractivity contribution in [1.29, 1.82) is 0 Å². The van der Waals surface area contributed by atoms with E-state index in [2.05, 4.69) is 24.1 Å². The molecule has 1 aromatic heterocycles. The normalized spacial score (nSPS) is 9.53. The van der Waals surface area contributed by atoms with Crippen molar-refractivity contribution < 1.29 is 4.79 Å². The molecule has 1 heterocycles. The van der Waals surface area contributed by atoms with E-state index < -0.39 is 0 Å². The smallest absolute Gasteiger partial charge is 0.220 e. The lowest BCUT2D eigenvalue weighted by Crippen LogP contribution is -2.22. The number of hydrogen-bond donors (Lipinski definition) is 2. The number of nitrogens with two attached hydrogens (primary N) is 1. The molecule has 0 bridgehead atoms. The Hall–Kier alpha value is -1.31. The Morgan fingerprint density at radius 1 is 1.59 bits per heavy atom. The van der Waals surface area contributed by atoms with E-state index in [1.54, 1.807) is 11.3 Å². The maximum absolute atomic E-state index is 11.5. The largest absolute Gasteiger partial charge is 0.351 e. The number of thiophene rings is 1. The van der Waals surface area contributed by atoms with E-state index in [0.29, 0.717) is 19.5 Å². The van der Waals surface area contributed by atoms with Gasteiger partial charge in [0.25, 0.3) is 0 Å². The minimum atomic E-state index is 0.109. The van der Waals surface area contributed by atoms with Crippen LogP contribution in [0.15, 0.2) is 11.4 Å². The van der Waals surface area contributed by atoms with Crippen molar-refractivity contribution in [3.8, 4) is 11.8 Å². The Bertz CT molecular complexity index is 415. The summed E-state index contributed by atoms with van der Waals surface area (Å²) < 4.78 is 0. The minimum Gasteiger partial charge on any atom is -0.351 e. The van der Waals surface area contributed by atoms with Crippen molar-refractivity contribution in [3.63, 3.8) is 0 Å². The molecule has 17 heavy (non-hydrogen) atoms. The first kappa shape index (κ1) is 13.8. The minimum absolute atomic E-state index is 0.109. The van der Waals surface area contributed by atoms with Gasteiger partial charge in [-0.05, 0) is 17.9 Å². The monoisotopic (exact) mass is 250 g/mol. The zero-order valence-corrected chi connectivity index (χ0v) is 10.9. The maximum Gasteiger partial charge on any atom is 0.220 e. The van der Waals surface area contributed by atoms with Gasteiger partial charge in [-0.2, -0.15) is 0 Å². The molecule has 0 aliphatic carbocycles. The average molecular weight is 250 g/mol. The molecule has 0 saturated carbocycles. The van der Waals surface area contributed by atoms with Crippen LogP contribution in [0.1, 0.15) is 36.6 Å². The summed E-state index contributed by atoms with van der Waals surface area (Å²) >= 11 is 1.61. The van der Waals surface area contributed by atoms with Crippen LogP contribution in [0.5, 0.6) is 0 Å². The van der Waals surface area contributed by atoms with Crippen LogP contribution in [0, 0.1) is 11.8 Å². The third kappa shape index (κ3) is 5.03. The summed E-state index contributed by atoms with van der Waals surface area (Å²) in [4.78, 5) is 12.6. The highest BCUT2D eigenvalue weighted by molar-refractivity contribution is 7.10. The van der Waals surface area contributed by atoms with E-state index in [9.17, 15) is 4.79 Å². The van der Waals surface area contributed by atoms with Crippen LogP contribution < -0.4 is 11.1 Å². The van der Waals surface area contributed by atoms with Crippen molar-refractivity contribution in [2.24, 2.45) is 5.73 Å². The van der Waals surface area contributed by atoms with Crippen molar-refractivity contribution in [1.82, 2.24) is 5.32 Å². The fourth-order valence-corrected chi connectivity index (χ4v) is 2.11. The van der Waals surface area contributed by atoms with Crippen LogP contribution >= 0.6 is 11.3 Å². The molecule has 1 rings (SSSR count). The van der Waals surface area contributed by atoms with Crippen LogP contribution in [-0.2, 0) is 11.3 Å². The third-order valence-corrected chi connectivity index (χ3v) is 3.19. The Morgan fingerprint density at radius 2 is 2.41 bits per heavy atom. The lowest BCUT2D eigenvalue weighted by atomic mass is 10.2. The van der Waals surface area contributed by atoms with E-state index >= 15 is 0 Å². The van der Waals surface area contributed by atoms with Gasteiger partial charge in [0.05, 0.1) is 13.1 Å². The number of amides is 1. The van der Waals surface area contributed by atoms with Crippen LogP contribution in [0.25, 0.3) is 0 Å². The number of unbranched alkanes of at least 4 members (excludes halogenated alkanes) is 1. The summed E-state index contributed by atoms with van der Waals surface area (Å²) in [6.07, 6.45) is 2.58. The number of carbonyl (C=O) groups is 1. The van der Waals surface area contributed by atoms with Crippen molar-refractivity contribution in [3.05, 3.63) is 21.9 Å². The molecular weight excluding hydrogens is 232 g/mol. The number of carbonyl (C=O) groups excluding carboxylic acids is 1. The van der Waals surface area contributed by atoms with E-state index in [1.165, 1.54) is 0 Å². The molecule has 0 saturated heterocycles. The van der Waals surface area contributed by atoms with Crippen LogP contribution in [0.2, 0.25) is 0 Å². The standard InChI is InChI=1S/C13H18N2OS/c1-2-3-6-13(16)15-10-12-11(5-4-8-14)7-9-17-12/h7,9H,2-3,6,8,10,14H2,1H3,(H,15,16). The summed E-state index contributed by atoms with van der Waals surface area (Å²) in [6.45, 7) is 3.00. The van der Waals surface area contributed by atoms with E-state index in [4.69, 9.17) is 5.73 Å². The zero-order chi connectivity index (χ0) is 12.5. The van der Waals surface area contributed by atoms with Crippen LogP contribution in [0.3, 0.4) is 0 Å². The molecule has 0 spiro atoms. The fraction of sp³-hybridized carbons (Fsp3) is 0.462. The highest BCUT2D eigenvalue weighted by Gasteiger charge is 2.04. The van der Waals surface area contributed by atoms with Crippen molar-refractivity contribution in [2.75, 3.05) is 6.54 Å². The third-order valence-electron chi connectivity index (χ3n) is 2.27. The second kappa shape index (κ2) is 7.88. The average Bonchev–Trinajstić information content (AvgIpc) is 2.78. The van der Waals surface area contributed by atoms with E-state index in [-0.39, 0.29) is 5.91 Å². The van der Waals surface area contributed by atoms with Crippen LogP contribution in [-0.4, -0.2) is 12.5 Å². The van der Waals surface area contributed by atoms with Gasteiger partial charge in [0.15, 0.2) is 0 Å². The molecule has 0 unspecified atom stereocenters. The molecule has 0 aromatic carbocycles. The quantitative estimate of drug-likeness (QED) is 0.784. The maximum atomic E-state index is 11.5. The molecule has 1 aromatic rings. The molecule has 3 N–H and O–H groups in total. The molecule has 92 valence electrons. The molecule has 3 nitrogen and oxygen atoms in total. The summed E-state index contributed by atoms with van der Waals surface area (Å²) in [7, 11) is 0. The first-order chi connectivity index (χ1) is 8.27. The first-order valence-corrected chi connectivity index (χ1v) is 6.68. The summed E-state index contributed by atoms with van der Waals surface area (Å²) in [6, 6.07) is 1.96. The molecule has 0 atom stereocenters. The molecule has 4 heteroatoms. The van der Waals surface area contributed by atoms with Gasteiger partial charge in [0.2, 0.25) is 5.91 Å². The SMILES string of the molecule is CCCCC(=O)NCc1sccc1C#CCN. The van der Waals surface area contributed by atoms with Crippen molar-refractivity contribution >= 4 is 17.2 Å². The molecule has 0 aliphatic heterocycles. The van der Waals surface area contributed by atoms with Crippen LogP contribution in [0.4, 0.5) is 0 Å². The Morgan fingerprint density at radius 3 is 3.12 bits per heavy atom. The lowest BCUT2D eigenvalue weighted by Gasteiger charge is -2.03. The Labute approximate surface area is 106 Å². The Balaban J connectivity index is 2.46. The Kier molecular flexibility index (Phi) is 6.38. The summed E-state index contributed by atoms with van der Waals surface area (Å²) in [5, 5.41) is 4.89. The number of hydrogen-bond acceptors (Lipinski definition) is 3. The molecule has 1 amide bonds. The number of nitrogens with one attached hydrogen (secondary N) is 1. The summed E-state index contributed by atoms with van der Waals surface area (Å²) in [5.74, 6) is 5.94. The van der Waals surface area contributed by atoms with Crippen molar-refractivity contribution in [2.45, 2.75) is 32.7 Å². The topological polar surface area (TPSA) is 55.1 Å². The van der Waals surface area contributed by atoms with Gasteiger partial charge in [0.1, 0.15) is 0 Å². The predicted molar refractivity (Wildman–Crippen MR) is 71.6 cm³/mol. The van der Waals surface area contributed by atoms with Gasteiger partial charge in [0, 0.05) is 16.9 Å². The second-order valence-electron chi connectivity index (χ2n) is 3.64. The van der Waals surface area contributed by atoms with Gasteiger partial charge in [-0.1, -0.05) is 25.2 Å². The highest BCUT2D eigenvalue weighted by Crippen LogP contribution is 2.15. The van der Waals surface area contributed by atoms with Gasteiger partial charge in [-0.3, -0.25) is 4.79 Å². The van der Waals surface area contributed by atoms with Gasteiger partial charge in [-0.25, -0.2) is 0 Å². The number of rotatable bonds is 5. The van der Waals surface area contributed by atoms with Gasteiger partial charge in [-0.15, -0.1) is 11.3 Å². The highest BCUT2D eigenvalue weighted by atomic mass is 32.1. The molecule has 0 aliphatic rings. The lowest BCUT2D eigenvalue weighted by molar-refractivity contribution is -0.121. The molecular formula is C13H18N2OS. The van der Waals surface area contributed by atoms with E-state index in [1.807, 2.05) is 11.4 Å².